The third-order valence-electron chi connectivity index (χ3n) is 9.29. The Morgan fingerprint density at radius 1 is 0.900 bits per heavy atom. The number of aromatic amines is 1. The Hall–Kier alpha value is -3.51. The summed E-state index contributed by atoms with van der Waals surface area (Å²) in [6.45, 7) is 7.16. The largest absolute Gasteiger partial charge is 0.361 e. The standard InChI is InChI=1S/C34H41N5O/c1-34(2,33(40)39-29-8-9-30(39)11-10-29)28-7-12-32-31(21-28)27(24-37-32)15-20-38(18-13-25-5-3-16-35-22-25)19-14-26-6-4-17-36-23-26/h3-7,12,16-17,21-24,29-30,37H,8-11,13-15,18-20H2,1-2H3. The zero-order valence-corrected chi connectivity index (χ0v) is 23.9. The van der Waals surface area contributed by atoms with Crippen molar-refractivity contribution in [3.8, 4) is 0 Å². The zero-order valence-electron chi connectivity index (χ0n) is 23.9. The lowest BCUT2D eigenvalue weighted by Gasteiger charge is -2.33. The first-order valence-corrected chi connectivity index (χ1v) is 14.9. The number of nitrogens with zero attached hydrogens (tertiary/aromatic N) is 4. The van der Waals surface area contributed by atoms with Crippen LogP contribution in [-0.4, -0.2) is 62.4 Å². The fraction of sp³-hybridized carbons (Fsp3) is 0.441. The minimum Gasteiger partial charge on any atom is -0.361 e. The smallest absolute Gasteiger partial charge is 0.233 e. The molecule has 1 N–H and O–H groups in total. The van der Waals surface area contributed by atoms with Gasteiger partial charge in [-0.05, 0) is 105 Å². The van der Waals surface area contributed by atoms with Crippen LogP contribution in [0.15, 0.2) is 73.4 Å². The molecule has 6 nitrogen and oxygen atoms in total. The van der Waals surface area contributed by atoms with Gasteiger partial charge < -0.3 is 14.8 Å². The molecule has 3 aromatic heterocycles. The van der Waals surface area contributed by atoms with Gasteiger partial charge in [0.1, 0.15) is 0 Å². The molecule has 1 amide bonds. The highest BCUT2D eigenvalue weighted by molar-refractivity contribution is 5.91. The van der Waals surface area contributed by atoms with Crippen molar-refractivity contribution in [2.75, 3.05) is 19.6 Å². The van der Waals surface area contributed by atoms with Crippen LogP contribution in [0.5, 0.6) is 0 Å². The fourth-order valence-corrected chi connectivity index (χ4v) is 6.74. The maximum Gasteiger partial charge on any atom is 0.233 e. The van der Waals surface area contributed by atoms with Crippen molar-refractivity contribution in [3.63, 3.8) is 0 Å². The van der Waals surface area contributed by atoms with Crippen molar-refractivity contribution >= 4 is 16.8 Å². The number of hydrogen-bond acceptors (Lipinski definition) is 4. The van der Waals surface area contributed by atoms with E-state index >= 15 is 0 Å². The molecule has 6 rings (SSSR count). The van der Waals surface area contributed by atoms with Crippen molar-refractivity contribution in [1.82, 2.24) is 24.8 Å². The predicted octanol–water partition coefficient (Wildman–Crippen LogP) is 5.72. The van der Waals surface area contributed by atoms with E-state index in [1.807, 2.05) is 36.9 Å². The van der Waals surface area contributed by atoms with Gasteiger partial charge in [0.15, 0.2) is 0 Å². The summed E-state index contributed by atoms with van der Waals surface area (Å²) >= 11 is 0. The van der Waals surface area contributed by atoms with Crippen molar-refractivity contribution in [1.29, 1.82) is 0 Å². The van der Waals surface area contributed by atoms with Gasteiger partial charge >= 0.3 is 0 Å². The van der Waals surface area contributed by atoms with Crippen LogP contribution in [0.2, 0.25) is 0 Å². The van der Waals surface area contributed by atoms with E-state index in [9.17, 15) is 4.79 Å². The Balaban J connectivity index is 1.17. The van der Waals surface area contributed by atoms with Crippen LogP contribution in [0.3, 0.4) is 0 Å². The number of nitrogens with one attached hydrogen (secondary N) is 1. The molecule has 5 heterocycles. The molecule has 2 aliphatic heterocycles. The molecule has 0 aliphatic carbocycles. The number of amides is 1. The number of rotatable bonds is 11. The Bertz CT molecular complexity index is 1370. The molecule has 0 spiro atoms. The summed E-state index contributed by atoms with van der Waals surface area (Å²) in [6.07, 6.45) is 17.4. The van der Waals surface area contributed by atoms with Crippen LogP contribution in [0, 0.1) is 0 Å². The second kappa shape index (κ2) is 11.5. The molecule has 2 fully saturated rings. The average Bonchev–Trinajstić information content (AvgIpc) is 3.71. The van der Waals surface area contributed by atoms with Crippen LogP contribution in [-0.2, 0) is 29.5 Å². The predicted molar refractivity (Wildman–Crippen MR) is 160 cm³/mol. The first-order valence-electron chi connectivity index (χ1n) is 14.9. The molecule has 2 aliphatic rings. The maximum atomic E-state index is 13.8. The molecule has 0 unspecified atom stereocenters. The Kier molecular flexibility index (Phi) is 7.70. The number of carbonyl (C=O) groups is 1. The Morgan fingerprint density at radius 2 is 1.50 bits per heavy atom. The Morgan fingerprint density at radius 3 is 2.08 bits per heavy atom. The normalized spacial score (nSPS) is 18.7. The number of H-pyrrole nitrogens is 1. The van der Waals surface area contributed by atoms with Gasteiger partial charge in [0, 0.05) is 73.6 Å². The highest BCUT2D eigenvalue weighted by Crippen LogP contribution is 2.41. The third kappa shape index (κ3) is 5.55. The van der Waals surface area contributed by atoms with E-state index in [4.69, 9.17) is 0 Å². The van der Waals surface area contributed by atoms with E-state index in [2.05, 4.69) is 75.1 Å². The molecular weight excluding hydrogens is 494 g/mol. The number of aromatic nitrogens is 3. The average molecular weight is 536 g/mol. The van der Waals surface area contributed by atoms with E-state index in [0.29, 0.717) is 18.0 Å². The minimum absolute atomic E-state index is 0.297. The number of pyridine rings is 2. The van der Waals surface area contributed by atoms with Gasteiger partial charge in [-0.1, -0.05) is 18.2 Å². The minimum atomic E-state index is -0.534. The van der Waals surface area contributed by atoms with Crippen LogP contribution in [0.25, 0.3) is 10.9 Å². The second-order valence-corrected chi connectivity index (χ2v) is 12.2. The summed E-state index contributed by atoms with van der Waals surface area (Å²) in [6, 6.07) is 15.8. The summed E-state index contributed by atoms with van der Waals surface area (Å²) in [7, 11) is 0. The molecule has 208 valence electrons. The summed E-state index contributed by atoms with van der Waals surface area (Å²) < 4.78 is 0. The van der Waals surface area contributed by atoms with Gasteiger partial charge in [-0.2, -0.15) is 0 Å². The van der Waals surface area contributed by atoms with Gasteiger partial charge in [0.2, 0.25) is 5.91 Å². The van der Waals surface area contributed by atoms with Crippen LogP contribution in [0.1, 0.15) is 61.8 Å². The van der Waals surface area contributed by atoms with Crippen LogP contribution < -0.4 is 0 Å². The van der Waals surface area contributed by atoms with E-state index in [1.54, 1.807) is 0 Å². The molecule has 0 radical (unpaired) electrons. The lowest BCUT2D eigenvalue weighted by molar-refractivity contribution is -0.137. The molecule has 1 aromatic carbocycles. The number of benzene rings is 1. The topological polar surface area (TPSA) is 65.1 Å². The molecule has 2 bridgehead atoms. The van der Waals surface area contributed by atoms with Gasteiger partial charge in [0.05, 0.1) is 5.41 Å². The molecule has 40 heavy (non-hydrogen) atoms. The monoisotopic (exact) mass is 535 g/mol. The van der Waals surface area contributed by atoms with Gasteiger partial charge in [-0.25, -0.2) is 0 Å². The summed E-state index contributed by atoms with van der Waals surface area (Å²) in [4.78, 5) is 30.6. The van der Waals surface area contributed by atoms with E-state index in [1.165, 1.54) is 47.8 Å². The van der Waals surface area contributed by atoms with Gasteiger partial charge in [-0.3, -0.25) is 14.8 Å². The van der Waals surface area contributed by atoms with Crippen molar-refractivity contribution < 1.29 is 4.79 Å². The number of fused-ring (bicyclic) bond motifs is 3. The van der Waals surface area contributed by atoms with Crippen molar-refractivity contribution in [2.24, 2.45) is 0 Å². The number of hydrogen-bond donors (Lipinski definition) is 1. The first-order chi connectivity index (χ1) is 19.5. The van der Waals surface area contributed by atoms with Gasteiger partial charge in [0.25, 0.3) is 0 Å². The van der Waals surface area contributed by atoms with Crippen LogP contribution in [0.4, 0.5) is 0 Å². The molecule has 0 atom stereocenters. The maximum absolute atomic E-state index is 13.8. The quantitative estimate of drug-likeness (QED) is 0.267. The summed E-state index contributed by atoms with van der Waals surface area (Å²) in [5, 5.41) is 1.24. The fourth-order valence-electron chi connectivity index (χ4n) is 6.74. The highest BCUT2D eigenvalue weighted by Gasteiger charge is 2.46. The van der Waals surface area contributed by atoms with Crippen LogP contribution >= 0.6 is 0 Å². The third-order valence-corrected chi connectivity index (χ3v) is 9.29. The molecule has 0 saturated carbocycles. The number of carbonyl (C=O) groups excluding carboxylic acids is 1. The summed E-state index contributed by atoms with van der Waals surface area (Å²) in [5.41, 5.74) is 5.57. The lowest BCUT2D eigenvalue weighted by Crippen LogP contribution is -2.45. The molecule has 6 heteroatoms. The highest BCUT2D eigenvalue weighted by atomic mass is 16.2. The van der Waals surface area contributed by atoms with E-state index in [-0.39, 0.29) is 0 Å². The van der Waals surface area contributed by atoms with Gasteiger partial charge in [-0.15, -0.1) is 0 Å². The molecular formula is C34H41N5O. The van der Waals surface area contributed by atoms with E-state index in [0.717, 1.165) is 50.0 Å². The Labute approximate surface area is 237 Å². The SMILES string of the molecule is CC(C)(C(=O)N1C2CCC1CC2)c1ccc2[nH]cc(CCN(CCc3cccnc3)CCc3cccnc3)c2c1. The molecule has 2 saturated heterocycles. The molecule has 4 aromatic rings. The van der Waals surface area contributed by atoms with Crippen molar-refractivity contribution in [2.45, 2.75) is 76.3 Å². The lowest BCUT2D eigenvalue weighted by atomic mass is 9.82. The summed E-state index contributed by atoms with van der Waals surface area (Å²) in [5.74, 6) is 0.297. The van der Waals surface area contributed by atoms with E-state index < -0.39 is 5.41 Å². The van der Waals surface area contributed by atoms with Crippen molar-refractivity contribution in [3.05, 3.63) is 95.7 Å². The zero-order chi connectivity index (χ0) is 27.5. The second-order valence-electron chi connectivity index (χ2n) is 12.2. The first kappa shape index (κ1) is 26.7.